The molecule has 118 valence electrons. The highest BCUT2D eigenvalue weighted by atomic mass is 32.2. The molecule has 4 nitrogen and oxygen atoms in total. The molecule has 0 aliphatic heterocycles. The summed E-state index contributed by atoms with van der Waals surface area (Å²) in [5, 5.41) is 3.29. The van der Waals surface area contributed by atoms with Crippen molar-refractivity contribution < 1.29 is 8.42 Å². The van der Waals surface area contributed by atoms with E-state index in [2.05, 4.69) is 19.2 Å². The van der Waals surface area contributed by atoms with Crippen molar-refractivity contribution in [1.82, 2.24) is 9.62 Å². The van der Waals surface area contributed by atoms with Crippen molar-refractivity contribution in [2.24, 2.45) is 5.92 Å². The van der Waals surface area contributed by atoms with Gasteiger partial charge in [-0.2, -0.15) is 0 Å². The van der Waals surface area contributed by atoms with E-state index in [0.717, 1.165) is 18.4 Å². The maximum atomic E-state index is 12.8. The minimum atomic E-state index is -3.40. The molecule has 21 heavy (non-hydrogen) atoms. The number of benzene rings is 1. The first-order valence-corrected chi connectivity index (χ1v) is 9.13. The molecule has 2 rings (SSSR count). The third-order valence-corrected chi connectivity index (χ3v) is 6.03. The highest BCUT2D eigenvalue weighted by molar-refractivity contribution is 7.89. The number of hydrogen-bond donors (Lipinski definition) is 1. The van der Waals surface area contributed by atoms with Crippen molar-refractivity contribution in [2.45, 2.75) is 50.6 Å². The van der Waals surface area contributed by atoms with Gasteiger partial charge in [0.05, 0.1) is 4.90 Å². The summed E-state index contributed by atoms with van der Waals surface area (Å²) < 4.78 is 27.1. The van der Waals surface area contributed by atoms with E-state index in [0.29, 0.717) is 29.9 Å². The van der Waals surface area contributed by atoms with Gasteiger partial charge >= 0.3 is 0 Å². The van der Waals surface area contributed by atoms with Gasteiger partial charge in [-0.1, -0.05) is 38.5 Å². The zero-order valence-corrected chi connectivity index (χ0v) is 14.0. The van der Waals surface area contributed by atoms with E-state index in [9.17, 15) is 8.42 Å². The number of nitrogens with one attached hydrogen (secondary N) is 1. The summed E-state index contributed by atoms with van der Waals surface area (Å²) in [6, 6.07) is 7.61. The topological polar surface area (TPSA) is 49.4 Å². The van der Waals surface area contributed by atoms with Crippen LogP contribution in [0.15, 0.2) is 29.2 Å². The smallest absolute Gasteiger partial charge is 0.243 e. The molecule has 0 spiro atoms. The van der Waals surface area contributed by atoms with Crippen LogP contribution in [-0.4, -0.2) is 32.4 Å². The zero-order valence-electron chi connectivity index (χ0n) is 13.2. The molecule has 1 N–H and O–H groups in total. The average molecular weight is 310 g/mol. The normalized spacial score (nSPS) is 16.4. The molecular formula is C16H26N2O2S. The summed E-state index contributed by atoms with van der Waals surface area (Å²) in [6.07, 6.45) is 3.53. The summed E-state index contributed by atoms with van der Waals surface area (Å²) >= 11 is 0. The zero-order chi connectivity index (χ0) is 15.5. The van der Waals surface area contributed by atoms with Gasteiger partial charge in [0.15, 0.2) is 0 Å². The number of sulfonamides is 1. The first-order chi connectivity index (χ1) is 9.91. The maximum Gasteiger partial charge on any atom is 0.243 e. The van der Waals surface area contributed by atoms with E-state index in [1.54, 1.807) is 19.2 Å². The first kappa shape index (κ1) is 16.5. The Morgan fingerprint density at radius 2 is 1.95 bits per heavy atom. The van der Waals surface area contributed by atoms with Gasteiger partial charge in [0, 0.05) is 26.2 Å². The van der Waals surface area contributed by atoms with Crippen LogP contribution in [0.2, 0.25) is 0 Å². The quantitative estimate of drug-likeness (QED) is 0.842. The Morgan fingerprint density at radius 1 is 1.29 bits per heavy atom. The van der Waals surface area contributed by atoms with Gasteiger partial charge in [0.1, 0.15) is 0 Å². The molecule has 1 aliphatic carbocycles. The second-order valence-corrected chi connectivity index (χ2v) is 8.24. The number of hydrogen-bond acceptors (Lipinski definition) is 3. The Hall–Kier alpha value is -0.910. The fourth-order valence-corrected chi connectivity index (χ4v) is 3.99. The monoisotopic (exact) mass is 310 g/mol. The third kappa shape index (κ3) is 4.05. The second-order valence-electron chi connectivity index (χ2n) is 6.23. The van der Waals surface area contributed by atoms with Gasteiger partial charge in [0.2, 0.25) is 10.0 Å². The molecular weight excluding hydrogens is 284 g/mol. The van der Waals surface area contributed by atoms with Crippen LogP contribution in [0.25, 0.3) is 0 Å². The summed E-state index contributed by atoms with van der Waals surface area (Å²) in [5.74, 6) is 0.533. The molecule has 1 fully saturated rings. The lowest BCUT2D eigenvalue weighted by Crippen LogP contribution is -2.35. The highest BCUT2D eigenvalue weighted by Gasteiger charge is 2.28. The van der Waals surface area contributed by atoms with Crippen molar-refractivity contribution in [2.75, 3.05) is 13.6 Å². The Balaban J connectivity index is 2.17. The molecule has 0 heterocycles. The Labute approximate surface area is 128 Å². The number of rotatable bonds is 7. The fourth-order valence-electron chi connectivity index (χ4n) is 2.52. The van der Waals surface area contributed by atoms with Crippen molar-refractivity contribution in [3.8, 4) is 0 Å². The lowest BCUT2D eigenvalue weighted by atomic mass is 9.86. The van der Waals surface area contributed by atoms with Crippen LogP contribution in [0.3, 0.4) is 0 Å². The molecule has 1 saturated carbocycles. The third-order valence-electron chi connectivity index (χ3n) is 4.10. The lowest BCUT2D eigenvalue weighted by Gasteiger charge is -2.30. The Kier molecular flexibility index (Phi) is 5.41. The molecule has 0 unspecified atom stereocenters. The number of nitrogens with zero attached hydrogens (tertiary/aromatic N) is 1. The van der Waals surface area contributed by atoms with E-state index < -0.39 is 10.0 Å². The molecule has 0 saturated heterocycles. The van der Waals surface area contributed by atoms with E-state index >= 15 is 0 Å². The van der Waals surface area contributed by atoms with Crippen LogP contribution < -0.4 is 5.32 Å². The van der Waals surface area contributed by atoms with Gasteiger partial charge < -0.3 is 5.32 Å². The van der Waals surface area contributed by atoms with Crippen LogP contribution in [-0.2, 0) is 16.6 Å². The van der Waals surface area contributed by atoms with Crippen molar-refractivity contribution in [3.63, 3.8) is 0 Å². The first-order valence-electron chi connectivity index (χ1n) is 7.69. The molecule has 0 atom stereocenters. The largest absolute Gasteiger partial charge is 0.310 e. The maximum absolute atomic E-state index is 12.8. The lowest BCUT2D eigenvalue weighted by molar-refractivity contribution is 0.263. The summed E-state index contributed by atoms with van der Waals surface area (Å²) in [4.78, 5) is 0.431. The average Bonchev–Trinajstić information content (AvgIpc) is 2.40. The minimum Gasteiger partial charge on any atom is -0.310 e. The Bertz CT molecular complexity index is 565. The van der Waals surface area contributed by atoms with Gasteiger partial charge in [-0.15, -0.1) is 0 Å². The molecule has 0 amide bonds. The SMILES string of the molecule is CC(C)NCc1ccccc1S(=O)(=O)N(C)CC1CCC1. The second kappa shape index (κ2) is 6.90. The summed E-state index contributed by atoms with van der Waals surface area (Å²) in [7, 11) is -1.70. The van der Waals surface area contributed by atoms with Crippen LogP contribution in [0.1, 0.15) is 38.7 Å². The molecule has 1 aromatic rings. The van der Waals surface area contributed by atoms with Gasteiger partial charge in [-0.05, 0) is 30.4 Å². The van der Waals surface area contributed by atoms with Crippen LogP contribution in [0.4, 0.5) is 0 Å². The molecule has 5 heteroatoms. The van der Waals surface area contributed by atoms with E-state index in [1.165, 1.54) is 10.7 Å². The standard InChI is InChI=1S/C16H26N2O2S/c1-13(2)17-11-15-9-4-5-10-16(15)21(19,20)18(3)12-14-7-6-8-14/h4-5,9-10,13-14,17H,6-8,11-12H2,1-3H3. The van der Waals surface area contributed by atoms with Crippen molar-refractivity contribution >= 4 is 10.0 Å². The molecule has 0 bridgehead atoms. The van der Waals surface area contributed by atoms with Crippen LogP contribution in [0.5, 0.6) is 0 Å². The van der Waals surface area contributed by atoms with E-state index in [4.69, 9.17) is 0 Å². The molecule has 0 radical (unpaired) electrons. The molecule has 1 aromatic carbocycles. The van der Waals surface area contributed by atoms with Crippen molar-refractivity contribution in [3.05, 3.63) is 29.8 Å². The summed E-state index contributed by atoms with van der Waals surface area (Å²) in [5.41, 5.74) is 0.839. The Morgan fingerprint density at radius 3 is 2.52 bits per heavy atom. The van der Waals surface area contributed by atoms with Crippen LogP contribution in [0, 0.1) is 5.92 Å². The highest BCUT2D eigenvalue weighted by Crippen LogP contribution is 2.29. The van der Waals surface area contributed by atoms with E-state index in [-0.39, 0.29) is 0 Å². The van der Waals surface area contributed by atoms with Gasteiger partial charge in [-0.25, -0.2) is 12.7 Å². The fraction of sp³-hybridized carbons (Fsp3) is 0.625. The minimum absolute atomic E-state index is 0.327. The molecule has 0 aromatic heterocycles. The van der Waals surface area contributed by atoms with E-state index in [1.807, 2.05) is 12.1 Å². The molecule has 1 aliphatic rings. The predicted octanol–water partition coefficient (Wildman–Crippen LogP) is 2.61. The van der Waals surface area contributed by atoms with Gasteiger partial charge in [0.25, 0.3) is 0 Å². The van der Waals surface area contributed by atoms with Gasteiger partial charge in [-0.3, -0.25) is 0 Å². The summed E-state index contributed by atoms with van der Waals surface area (Å²) in [6.45, 7) is 5.32. The van der Waals surface area contributed by atoms with Crippen LogP contribution >= 0.6 is 0 Å². The predicted molar refractivity (Wildman–Crippen MR) is 85.6 cm³/mol. The van der Waals surface area contributed by atoms with Crippen molar-refractivity contribution in [1.29, 1.82) is 0 Å².